The van der Waals surface area contributed by atoms with Gasteiger partial charge in [0, 0.05) is 18.1 Å². The van der Waals surface area contributed by atoms with Crippen molar-refractivity contribution in [2.45, 2.75) is 25.3 Å². The van der Waals surface area contributed by atoms with Gasteiger partial charge in [0.15, 0.2) is 5.82 Å². The van der Waals surface area contributed by atoms with Crippen LogP contribution in [0.5, 0.6) is 0 Å². The SMILES string of the molecule is Fc1cnccc1NC1CCCC1CCl. The molecule has 1 aliphatic carbocycles. The van der Waals surface area contributed by atoms with Gasteiger partial charge in [-0.15, -0.1) is 11.6 Å². The monoisotopic (exact) mass is 228 g/mol. The number of hydrogen-bond acceptors (Lipinski definition) is 2. The predicted molar refractivity (Wildman–Crippen MR) is 59.7 cm³/mol. The van der Waals surface area contributed by atoms with Crippen LogP contribution in [-0.4, -0.2) is 16.9 Å². The highest BCUT2D eigenvalue weighted by atomic mass is 35.5. The van der Waals surface area contributed by atoms with Crippen LogP contribution in [0.25, 0.3) is 0 Å². The lowest BCUT2D eigenvalue weighted by atomic mass is 10.1. The Hall–Kier alpha value is -0.830. The summed E-state index contributed by atoms with van der Waals surface area (Å²) in [7, 11) is 0. The molecule has 0 amide bonds. The first kappa shape index (κ1) is 10.7. The number of nitrogens with zero attached hydrogens (tertiary/aromatic N) is 1. The second-order valence-electron chi connectivity index (χ2n) is 3.95. The number of nitrogens with one attached hydrogen (secondary N) is 1. The zero-order valence-corrected chi connectivity index (χ0v) is 9.17. The maximum atomic E-state index is 13.3. The molecule has 1 aromatic rings. The van der Waals surface area contributed by atoms with E-state index in [2.05, 4.69) is 10.3 Å². The average Bonchev–Trinajstić information content (AvgIpc) is 2.69. The van der Waals surface area contributed by atoms with E-state index in [0.717, 1.165) is 12.8 Å². The van der Waals surface area contributed by atoms with Crippen molar-refractivity contribution in [3.63, 3.8) is 0 Å². The first-order valence-electron chi connectivity index (χ1n) is 5.23. The van der Waals surface area contributed by atoms with Crippen molar-refractivity contribution in [3.8, 4) is 0 Å². The van der Waals surface area contributed by atoms with Crippen molar-refractivity contribution < 1.29 is 4.39 Å². The lowest BCUT2D eigenvalue weighted by Crippen LogP contribution is -2.25. The maximum absolute atomic E-state index is 13.3. The van der Waals surface area contributed by atoms with Crippen molar-refractivity contribution >= 4 is 17.3 Å². The summed E-state index contributed by atoms with van der Waals surface area (Å²) in [5, 5.41) is 3.21. The molecule has 2 atom stereocenters. The Morgan fingerprint density at radius 2 is 2.40 bits per heavy atom. The van der Waals surface area contributed by atoms with Crippen LogP contribution in [0.4, 0.5) is 10.1 Å². The molecule has 0 spiro atoms. The van der Waals surface area contributed by atoms with Gasteiger partial charge in [-0.25, -0.2) is 4.39 Å². The third-order valence-electron chi connectivity index (χ3n) is 2.97. The van der Waals surface area contributed by atoms with Crippen molar-refractivity contribution in [3.05, 3.63) is 24.3 Å². The number of rotatable bonds is 3. The van der Waals surface area contributed by atoms with E-state index in [1.807, 2.05) is 0 Å². The smallest absolute Gasteiger partial charge is 0.164 e. The molecule has 0 aromatic carbocycles. The van der Waals surface area contributed by atoms with Crippen LogP contribution in [0, 0.1) is 11.7 Å². The lowest BCUT2D eigenvalue weighted by Gasteiger charge is -2.20. The van der Waals surface area contributed by atoms with E-state index in [1.54, 1.807) is 12.3 Å². The average molecular weight is 229 g/mol. The maximum Gasteiger partial charge on any atom is 0.164 e. The Bertz CT molecular complexity index is 332. The van der Waals surface area contributed by atoms with Gasteiger partial charge in [0.1, 0.15) is 0 Å². The molecule has 4 heteroatoms. The van der Waals surface area contributed by atoms with Crippen LogP contribution in [0.2, 0.25) is 0 Å². The van der Waals surface area contributed by atoms with E-state index < -0.39 is 0 Å². The molecule has 0 aliphatic heterocycles. The molecule has 0 radical (unpaired) electrons. The fourth-order valence-electron chi connectivity index (χ4n) is 2.10. The first-order chi connectivity index (χ1) is 7.31. The van der Waals surface area contributed by atoms with Gasteiger partial charge >= 0.3 is 0 Å². The van der Waals surface area contributed by atoms with Gasteiger partial charge in [0.25, 0.3) is 0 Å². The van der Waals surface area contributed by atoms with E-state index in [9.17, 15) is 4.39 Å². The Morgan fingerprint density at radius 3 is 3.13 bits per heavy atom. The Morgan fingerprint density at radius 1 is 1.53 bits per heavy atom. The van der Waals surface area contributed by atoms with Gasteiger partial charge < -0.3 is 5.32 Å². The molecule has 82 valence electrons. The zero-order chi connectivity index (χ0) is 10.7. The minimum absolute atomic E-state index is 0.294. The van der Waals surface area contributed by atoms with Crippen LogP contribution < -0.4 is 5.32 Å². The van der Waals surface area contributed by atoms with Crippen LogP contribution in [0.15, 0.2) is 18.5 Å². The molecule has 2 rings (SSSR count). The van der Waals surface area contributed by atoms with Gasteiger partial charge in [0.05, 0.1) is 11.9 Å². The van der Waals surface area contributed by atoms with Crippen molar-refractivity contribution in [1.29, 1.82) is 0 Å². The predicted octanol–water partition coefficient (Wildman–Crippen LogP) is 3.04. The minimum atomic E-state index is -0.294. The third kappa shape index (κ3) is 2.40. The van der Waals surface area contributed by atoms with Gasteiger partial charge in [0.2, 0.25) is 0 Å². The number of alkyl halides is 1. The van der Waals surface area contributed by atoms with Crippen LogP contribution in [-0.2, 0) is 0 Å². The molecule has 0 saturated heterocycles. The fraction of sp³-hybridized carbons (Fsp3) is 0.545. The molecular weight excluding hydrogens is 215 g/mol. The Balaban J connectivity index is 2.05. The summed E-state index contributed by atoms with van der Waals surface area (Å²) in [6.07, 6.45) is 6.19. The second-order valence-corrected chi connectivity index (χ2v) is 4.26. The summed E-state index contributed by atoms with van der Waals surface area (Å²) in [5.74, 6) is 0.807. The Labute approximate surface area is 93.9 Å². The molecule has 1 fully saturated rings. The summed E-state index contributed by atoms with van der Waals surface area (Å²) < 4.78 is 13.3. The van der Waals surface area contributed by atoms with Gasteiger partial charge in [-0.2, -0.15) is 0 Å². The van der Waals surface area contributed by atoms with E-state index in [0.29, 0.717) is 23.5 Å². The number of halogens is 2. The molecule has 2 nitrogen and oxygen atoms in total. The molecule has 1 N–H and O–H groups in total. The molecule has 15 heavy (non-hydrogen) atoms. The molecule has 1 saturated carbocycles. The highest BCUT2D eigenvalue weighted by molar-refractivity contribution is 6.18. The minimum Gasteiger partial charge on any atom is -0.380 e. The molecule has 1 aromatic heterocycles. The number of pyridine rings is 1. The number of hydrogen-bond donors (Lipinski definition) is 1. The fourth-order valence-corrected chi connectivity index (χ4v) is 2.47. The van der Waals surface area contributed by atoms with Crippen molar-refractivity contribution in [1.82, 2.24) is 4.98 Å². The van der Waals surface area contributed by atoms with Crippen LogP contribution in [0.3, 0.4) is 0 Å². The molecule has 1 heterocycles. The summed E-state index contributed by atoms with van der Waals surface area (Å²) in [5.41, 5.74) is 0.534. The third-order valence-corrected chi connectivity index (χ3v) is 3.37. The topological polar surface area (TPSA) is 24.9 Å². The number of anilines is 1. The normalized spacial score (nSPS) is 25.5. The molecule has 2 unspecified atom stereocenters. The van der Waals surface area contributed by atoms with Gasteiger partial charge in [-0.1, -0.05) is 6.42 Å². The molecular formula is C11H14ClFN2. The zero-order valence-electron chi connectivity index (χ0n) is 8.42. The summed E-state index contributed by atoms with van der Waals surface area (Å²) in [6.45, 7) is 0. The quantitative estimate of drug-likeness (QED) is 0.805. The molecule has 1 aliphatic rings. The van der Waals surface area contributed by atoms with E-state index in [4.69, 9.17) is 11.6 Å². The van der Waals surface area contributed by atoms with Gasteiger partial charge in [-0.05, 0) is 24.8 Å². The summed E-state index contributed by atoms with van der Waals surface area (Å²) in [4.78, 5) is 3.72. The summed E-state index contributed by atoms with van der Waals surface area (Å²) >= 11 is 5.86. The second kappa shape index (κ2) is 4.79. The largest absolute Gasteiger partial charge is 0.380 e. The van der Waals surface area contributed by atoms with Crippen LogP contribution >= 0.6 is 11.6 Å². The standard InChI is InChI=1S/C11H14ClFN2/c12-6-8-2-1-3-10(8)15-11-4-5-14-7-9(11)13/h4-5,7-8,10H,1-3,6H2,(H,14,15). The van der Waals surface area contributed by atoms with E-state index >= 15 is 0 Å². The van der Waals surface area contributed by atoms with Crippen molar-refractivity contribution in [2.75, 3.05) is 11.2 Å². The highest BCUT2D eigenvalue weighted by Gasteiger charge is 2.26. The summed E-state index contributed by atoms with van der Waals surface area (Å²) in [6, 6.07) is 1.97. The van der Waals surface area contributed by atoms with E-state index in [1.165, 1.54) is 12.6 Å². The highest BCUT2D eigenvalue weighted by Crippen LogP contribution is 2.29. The first-order valence-corrected chi connectivity index (χ1v) is 5.76. The molecule has 0 bridgehead atoms. The number of aromatic nitrogens is 1. The van der Waals surface area contributed by atoms with Crippen LogP contribution in [0.1, 0.15) is 19.3 Å². The van der Waals surface area contributed by atoms with Gasteiger partial charge in [-0.3, -0.25) is 4.98 Å². The van der Waals surface area contributed by atoms with E-state index in [-0.39, 0.29) is 5.82 Å². The van der Waals surface area contributed by atoms with Crippen molar-refractivity contribution in [2.24, 2.45) is 5.92 Å². The lowest BCUT2D eigenvalue weighted by molar-refractivity contribution is 0.554. The Kier molecular flexibility index (Phi) is 3.41.